The van der Waals surface area contributed by atoms with Gasteiger partial charge in [0.05, 0.1) is 25.2 Å². The SMILES string of the molecule is CC/C=C/C=C/C=C/CCCCCCCCCC(=O)OC(CCCCCCCCC/C=C/CCCCCCCC)CC(=O)NC(CO)C(O)CCCCCCCCCCCCCCC. The number of hydrogen-bond donors (Lipinski definition) is 3. The molecule has 0 spiro atoms. The normalized spacial score (nSPS) is 13.5. The van der Waals surface area contributed by atoms with Gasteiger partial charge in [0.15, 0.2) is 0 Å². The summed E-state index contributed by atoms with van der Waals surface area (Å²) in [5.74, 6) is -0.482. The summed E-state index contributed by atoms with van der Waals surface area (Å²) in [5.41, 5.74) is 0. The lowest BCUT2D eigenvalue weighted by Gasteiger charge is -2.24. The van der Waals surface area contributed by atoms with E-state index in [0.717, 1.165) is 70.6 Å². The highest BCUT2D eigenvalue weighted by Gasteiger charge is 2.24. The molecule has 0 aliphatic rings. The van der Waals surface area contributed by atoms with E-state index in [0.29, 0.717) is 19.3 Å². The summed E-state index contributed by atoms with van der Waals surface area (Å²) in [6, 6.07) is -0.705. The second kappa shape index (κ2) is 51.8. The second-order valence-electron chi connectivity index (χ2n) is 19.0. The van der Waals surface area contributed by atoms with E-state index in [1.54, 1.807) is 0 Å². The van der Waals surface area contributed by atoms with Crippen LogP contribution < -0.4 is 5.32 Å². The molecule has 1 amide bonds. The van der Waals surface area contributed by atoms with Crippen molar-refractivity contribution in [1.82, 2.24) is 5.32 Å². The van der Waals surface area contributed by atoms with E-state index in [9.17, 15) is 19.8 Å². The van der Waals surface area contributed by atoms with E-state index in [4.69, 9.17) is 4.74 Å². The summed E-state index contributed by atoms with van der Waals surface area (Å²) < 4.78 is 5.95. The molecule has 3 unspecified atom stereocenters. The van der Waals surface area contributed by atoms with Gasteiger partial charge >= 0.3 is 5.97 Å². The molecule has 0 aromatic rings. The van der Waals surface area contributed by atoms with Gasteiger partial charge in [-0.3, -0.25) is 9.59 Å². The van der Waals surface area contributed by atoms with Gasteiger partial charge in [0.25, 0.3) is 0 Å². The maximum absolute atomic E-state index is 13.2. The quantitative estimate of drug-likeness (QED) is 0.0245. The Morgan fingerprint density at radius 1 is 0.469 bits per heavy atom. The average Bonchev–Trinajstić information content (AvgIpc) is 3.29. The summed E-state index contributed by atoms with van der Waals surface area (Å²) in [6.45, 7) is 6.37. The zero-order valence-electron chi connectivity index (χ0n) is 42.7. The molecule has 0 saturated heterocycles. The number of ether oxygens (including phenoxy) is 1. The summed E-state index contributed by atoms with van der Waals surface area (Å²) in [7, 11) is 0. The summed E-state index contributed by atoms with van der Waals surface area (Å²) in [4.78, 5) is 26.2. The highest BCUT2D eigenvalue weighted by molar-refractivity contribution is 5.77. The number of nitrogens with one attached hydrogen (secondary N) is 1. The lowest BCUT2D eigenvalue weighted by atomic mass is 10.0. The number of esters is 1. The van der Waals surface area contributed by atoms with Crippen LogP contribution in [-0.2, 0) is 14.3 Å². The van der Waals surface area contributed by atoms with Gasteiger partial charge in [0, 0.05) is 6.42 Å². The molecule has 3 atom stereocenters. The molecule has 0 rings (SSSR count). The summed E-state index contributed by atoms with van der Waals surface area (Å²) in [6.07, 6.45) is 63.1. The number of amides is 1. The number of unbranched alkanes of at least 4 members (excludes halogenated alkanes) is 32. The van der Waals surface area contributed by atoms with Gasteiger partial charge in [-0.1, -0.05) is 249 Å². The number of carbonyl (C=O) groups excluding carboxylic acids is 2. The minimum absolute atomic E-state index is 0.0709. The van der Waals surface area contributed by atoms with Gasteiger partial charge in [-0.25, -0.2) is 0 Å². The molecule has 0 bridgehead atoms. The van der Waals surface area contributed by atoms with Crippen LogP contribution in [0, 0.1) is 0 Å². The fourth-order valence-electron chi connectivity index (χ4n) is 8.49. The number of aliphatic hydroxyl groups is 2. The average molecular weight is 898 g/mol. The number of hydrogen-bond acceptors (Lipinski definition) is 5. The van der Waals surface area contributed by atoms with Crippen LogP contribution in [0.5, 0.6) is 0 Å². The Morgan fingerprint density at radius 2 is 0.859 bits per heavy atom. The molecule has 0 aliphatic carbocycles. The first-order valence-corrected chi connectivity index (χ1v) is 27.9. The first-order chi connectivity index (χ1) is 31.5. The Hall–Kier alpha value is -2.18. The van der Waals surface area contributed by atoms with Crippen molar-refractivity contribution in [2.45, 2.75) is 302 Å². The van der Waals surface area contributed by atoms with Crippen molar-refractivity contribution < 1.29 is 24.5 Å². The maximum atomic E-state index is 13.2. The monoisotopic (exact) mass is 898 g/mol. The second-order valence-corrected chi connectivity index (χ2v) is 19.0. The lowest BCUT2D eigenvalue weighted by Crippen LogP contribution is -2.46. The van der Waals surface area contributed by atoms with E-state index in [1.807, 2.05) is 0 Å². The van der Waals surface area contributed by atoms with Crippen LogP contribution in [0.25, 0.3) is 0 Å². The van der Waals surface area contributed by atoms with E-state index < -0.39 is 18.2 Å². The minimum Gasteiger partial charge on any atom is -0.462 e. The fourth-order valence-corrected chi connectivity index (χ4v) is 8.49. The summed E-state index contributed by atoms with van der Waals surface area (Å²) >= 11 is 0. The Balaban J connectivity index is 4.58. The van der Waals surface area contributed by atoms with Gasteiger partial charge in [0.2, 0.25) is 5.91 Å². The molecule has 3 N–H and O–H groups in total. The van der Waals surface area contributed by atoms with Crippen LogP contribution in [0.15, 0.2) is 48.6 Å². The van der Waals surface area contributed by atoms with E-state index in [2.05, 4.69) is 74.7 Å². The lowest BCUT2D eigenvalue weighted by molar-refractivity contribution is -0.151. The molecule has 0 aromatic carbocycles. The number of allylic oxidation sites excluding steroid dienone is 8. The minimum atomic E-state index is -0.791. The smallest absolute Gasteiger partial charge is 0.306 e. The molecular weight excluding hydrogens is 791 g/mol. The van der Waals surface area contributed by atoms with Crippen LogP contribution in [0.3, 0.4) is 0 Å². The molecule has 0 radical (unpaired) electrons. The number of rotatable bonds is 50. The largest absolute Gasteiger partial charge is 0.462 e. The van der Waals surface area contributed by atoms with Gasteiger partial charge < -0.3 is 20.3 Å². The third kappa shape index (κ3) is 46.4. The zero-order chi connectivity index (χ0) is 46.7. The molecule has 64 heavy (non-hydrogen) atoms. The van der Waals surface area contributed by atoms with Crippen molar-refractivity contribution in [3.8, 4) is 0 Å². The van der Waals surface area contributed by atoms with Crippen LogP contribution in [0.2, 0.25) is 0 Å². The molecule has 374 valence electrons. The third-order valence-electron chi connectivity index (χ3n) is 12.7. The van der Waals surface area contributed by atoms with Crippen molar-refractivity contribution in [3.05, 3.63) is 48.6 Å². The van der Waals surface area contributed by atoms with Gasteiger partial charge in [-0.15, -0.1) is 0 Å². The molecule has 0 fully saturated rings. The van der Waals surface area contributed by atoms with Crippen LogP contribution >= 0.6 is 0 Å². The van der Waals surface area contributed by atoms with Crippen LogP contribution in [0.1, 0.15) is 284 Å². The van der Waals surface area contributed by atoms with Crippen molar-refractivity contribution in [3.63, 3.8) is 0 Å². The van der Waals surface area contributed by atoms with Crippen molar-refractivity contribution >= 4 is 11.9 Å². The third-order valence-corrected chi connectivity index (χ3v) is 12.7. The molecule has 0 aliphatic heterocycles. The Bertz CT molecular complexity index is 1100. The summed E-state index contributed by atoms with van der Waals surface area (Å²) in [5, 5.41) is 23.8. The Kier molecular flexibility index (Phi) is 50.0. The molecule has 6 nitrogen and oxygen atoms in total. The Labute approximate surface area is 397 Å². The Morgan fingerprint density at radius 3 is 1.31 bits per heavy atom. The molecular formula is C58H107NO5. The fraction of sp³-hybridized carbons (Fsp3) is 0.828. The van der Waals surface area contributed by atoms with E-state index in [1.165, 1.54) is 167 Å². The molecule has 0 aromatic heterocycles. The molecule has 0 saturated carbocycles. The molecule has 0 heterocycles. The van der Waals surface area contributed by atoms with Crippen LogP contribution in [-0.4, -0.2) is 46.9 Å². The highest BCUT2D eigenvalue weighted by atomic mass is 16.5. The highest BCUT2D eigenvalue weighted by Crippen LogP contribution is 2.18. The van der Waals surface area contributed by atoms with E-state index in [-0.39, 0.29) is 24.9 Å². The van der Waals surface area contributed by atoms with Crippen molar-refractivity contribution in [2.75, 3.05) is 6.61 Å². The first-order valence-electron chi connectivity index (χ1n) is 27.9. The van der Waals surface area contributed by atoms with Crippen molar-refractivity contribution in [1.29, 1.82) is 0 Å². The first kappa shape index (κ1) is 61.8. The van der Waals surface area contributed by atoms with Crippen LogP contribution in [0.4, 0.5) is 0 Å². The van der Waals surface area contributed by atoms with Gasteiger partial charge in [-0.2, -0.15) is 0 Å². The van der Waals surface area contributed by atoms with E-state index >= 15 is 0 Å². The number of aliphatic hydroxyl groups excluding tert-OH is 2. The topological polar surface area (TPSA) is 95.9 Å². The predicted octanol–water partition coefficient (Wildman–Crippen LogP) is 17.0. The van der Waals surface area contributed by atoms with Gasteiger partial charge in [-0.05, 0) is 70.6 Å². The predicted molar refractivity (Wildman–Crippen MR) is 278 cm³/mol. The zero-order valence-corrected chi connectivity index (χ0v) is 42.7. The standard InChI is InChI=1S/C58H107NO5/c1-4-7-10-13-16-19-22-25-27-28-30-32-34-37-40-43-46-49-54(64-58(63)51-48-45-42-39-36-33-29-26-23-20-17-14-11-8-5-2)52-57(62)59-55(53-60)56(61)50-47-44-41-38-35-31-24-21-18-15-12-9-6-3/h8,11,14,17,20,23,25,27,54-56,60-61H,4-7,9-10,12-13,15-16,18-19,21-22,24,26,28-53H2,1-3H3,(H,59,62)/b11-8+,17-14+,23-20+,27-25+. The molecule has 6 heteroatoms. The van der Waals surface area contributed by atoms with Gasteiger partial charge in [0.1, 0.15) is 6.10 Å². The maximum Gasteiger partial charge on any atom is 0.306 e. The van der Waals surface area contributed by atoms with Crippen molar-refractivity contribution in [2.24, 2.45) is 0 Å². The number of carbonyl (C=O) groups is 2.